The number of hydrogen-bond acceptors (Lipinski definition) is 5. The molecular weight excluding hydrogens is 344 g/mol. The van der Waals surface area contributed by atoms with Crippen LogP contribution < -0.4 is 4.74 Å². The minimum atomic E-state index is -0.0631. The summed E-state index contributed by atoms with van der Waals surface area (Å²) >= 11 is 0. The maximum absolute atomic E-state index is 12.9. The first-order chi connectivity index (χ1) is 13.2. The van der Waals surface area contributed by atoms with E-state index in [1.54, 1.807) is 7.11 Å². The SMILES string of the molecule is COc1cccc(C(=O)N2CCC3(CC2)CC(N2CCOCC2)CCO3)c1. The molecule has 3 aliphatic heterocycles. The fraction of sp³-hybridized carbons (Fsp3) is 0.667. The van der Waals surface area contributed by atoms with Crippen LogP contribution in [0.5, 0.6) is 5.75 Å². The second kappa shape index (κ2) is 8.17. The van der Waals surface area contributed by atoms with Gasteiger partial charge in [0.25, 0.3) is 5.91 Å². The Morgan fingerprint density at radius 1 is 1.15 bits per heavy atom. The normalized spacial score (nSPS) is 26.1. The summed E-state index contributed by atoms with van der Waals surface area (Å²) in [6.07, 6.45) is 4.02. The van der Waals surface area contributed by atoms with Crippen LogP contribution in [0.4, 0.5) is 0 Å². The monoisotopic (exact) mass is 374 g/mol. The van der Waals surface area contributed by atoms with Crippen LogP contribution in [0.15, 0.2) is 24.3 Å². The molecule has 3 fully saturated rings. The molecule has 0 N–H and O–H groups in total. The zero-order valence-corrected chi connectivity index (χ0v) is 16.2. The van der Waals surface area contributed by atoms with Crippen LogP contribution in [0.2, 0.25) is 0 Å². The number of rotatable bonds is 3. The zero-order valence-electron chi connectivity index (χ0n) is 16.2. The zero-order chi connectivity index (χ0) is 18.7. The van der Waals surface area contributed by atoms with E-state index in [4.69, 9.17) is 14.2 Å². The third-order valence-corrected chi connectivity index (χ3v) is 6.31. The molecule has 0 radical (unpaired) electrons. The first-order valence-electron chi connectivity index (χ1n) is 10.1. The molecule has 3 saturated heterocycles. The van der Waals surface area contributed by atoms with Crippen molar-refractivity contribution in [3.63, 3.8) is 0 Å². The van der Waals surface area contributed by atoms with E-state index in [0.29, 0.717) is 11.6 Å². The second-order valence-corrected chi connectivity index (χ2v) is 7.85. The highest BCUT2D eigenvalue weighted by Gasteiger charge is 2.42. The van der Waals surface area contributed by atoms with E-state index in [1.165, 1.54) is 0 Å². The fourth-order valence-corrected chi connectivity index (χ4v) is 4.66. The molecule has 0 aromatic heterocycles. The molecule has 148 valence electrons. The van der Waals surface area contributed by atoms with Gasteiger partial charge in [0, 0.05) is 44.4 Å². The predicted molar refractivity (Wildman–Crippen MR) is 102 cm³/mol. The molecule has 1 amide bonds. The summed E-state index contributed by atoms with van der Waals surface area (Å²) in [5, 5.41) is 0. The molecule has 1 spiro atoms. The van der Waals surface area contributed by atoms with Gasteiger partial charge in [-0.1, -0.05) is 6.07 Å². The number of carbonyl (C=O) groups excluding carboxylic acids is 1. The number of morpholine rings is 1. The molecule has 4 rings (SSSR count). The topological polar surface area (TPSA) is 51.2 Å². The first kappa shape index (κ1) is 18.7. The average molecular weight is 374 g/mol. The van der Waals surface area contributed by atoms with Crippen LogP contribution >= 0.6 is 0 Å². The molecule has 3 aliphatic rings. The summed E-state index contributed by atoms with van der Waals surface area (Å²) in [4.78, 5) is 17.4. The van der Waals surface area contributed by atoms with E-state index in [9.17, 15) is 4.79 Å². The Morgan fingerprint density at radius 2 is 1.93 bits per heavy atom. The Labute approximate surface area is 161 Å². The van der Waals surface area contributed by atoms with Crippen molar-refractivity contribution in [2.75, 3.05) is 53.1 Å². The van der Waals surface area contributed by atoms with E-state index < -0.39 is 0 Å². The van der Waals surface area contributed by atoms with Gasteiger partial charge in [-0.05, 0) is 43.9 Å². The van der Waals surface area contributed by atoms with Crippen LogP contribution in [0.25, 0.3) is 0 Å². The van der Waals surface area contributed by atoms with Gasteiger partial charge in [0.1, 0.15) is 5.75 Å². The molecule has 1 atom stereocenters. The van der Waals surface area contributed by atoms with Gasteiger partial charge in [-0.25, -0.2) is 0 Å². The lowest BCUT2D eigenvalue weighted by atomic mass is 9.81. The molecule has 6 heteroatoms. The third kappa shape index (κ3) is 4.13. The van der Waals surface area contributed by atoms with Crippen LogP contribution in [0, 0.1) is 0 Å². The van der Waals surface area contributed by atoms with E-state index in [-0.39, 0.29) is 11.5 Å². The van der Waals surface area contributed by atoms with Crippen molar-refractivity contribution in [3.8, 4) is 5.75 Å². The highest BCUT2D eigenvalue weighted by Crippen LogP contribution is 2.37. The number of benzene rings is 1. The third-order valence-electron chi connectivity index (χ3n) is 6.31. The van der Waals surface area contributed by atoms with Gasteiger partial charge in [-0.15, -0.1) is 0 Å². The number of ether oxygens (including phenoxy) is 3. The molecule has 1 unspecified atom stereocenters. The maximum atomic E-state index is 12.9. The fourth-order valence-electron chi connectivity index (χ4n) is 4.66. The summed E-state index contributed by atoms with van der Waals surface area (Å²) in [6.45, 7) is 6.08. The van der Waals surface area contributed by atoms with Crippen LogP contribution in [0.1, 0.15) is 36.0 Å². The minimum absolute atomic E-state index is 0.0631. The molecule has 3 heterocycles. The van der Waals surface area contributed by atoms with Gasteiger partial charge in [-0.2, -0.15) is 0 Å². The minimum Gasteiger partial charge on any atom is -0.497 e. The van der Waals surface area contributed by atoms with Gasteiger partial charge >= 0.3 is 0 Å². The Kier molecular flexibility index (Phi) is 5.66. The number of carbonyl (C=O) groups is 1. The molecule has 1 aromatic carbocycles. The van der Waals surface area contributed by atoms with Crippen molar-refractivity contribution in [1.82, 2.24) is 9.80 Å². The van der Waals surface area contributed by atoms with Gasteiger partial charge in [0.05, 0.1) is 25.9 Å². The van der Waals surface area contributed by atoms with Crippen molar-refractivity contribution in [2.24, 2.45) is 0 Å². The van der Waals surface area contributed by atoms with Crippen LogP contribution in [0.3, 0.4) is 0 Å². The van der Waals surface area contributed by atoms with Crippen LogP contribution in [-0.2, 0) is 9.47 Å². The van der Waals surface area contributed by atoms with E-state index in [0.717, 1.165) is 77.4 Å². The molecule has 0 bridgehead atoms. The molecule has 0 saturated carbocycles. The summed E-state index contributed by atoms with van der Waals surface area (Å²) in [5.74, 6) is 0.808. The number of piperidine rings is 1. The Bertz CT molecular complexity index is 651. The van der Waals surface area contributed by atoms with Gasteiger partial charge < -0.3 is 19.1 Å². The maximum Gasteiger partial charge on any atom is 0.253 e. The van der Waals surface area contributed by atoms with Gasteiger partial charge in [-0.3, -0.25) is 9.69 Å². The second-order valence-electron chi connectivity index (χ2n) is 7.85. The van der Waals surface area contributed by atoms with Gasteiger partial charge in [0.15, 0.2) is 0 Å². The Morgan fingerprint density at radius 3 is 2.67 bits per heavy atom. The first-order valence-corrected chi connectivity index (χ1v) is 10.1. The number of likely N-dealkylation sites (tertiary alicyclic amines) is 1. The summed E-state index contributed by atoms with van der Waals surface area (Å²) < 4.78 is 17.0. The number of nitrogens with zero attached hydrogens (tertiary/aromatic N) is 2. The smallest absolute Gasteiger partial charge is 0.253 e. The molecular formula is C21H30N2O4. The van der Waals surface area contributed by atoms with Crippen molar-refractivity contribution in [2.45, 2.75) is 37.3 Å². The highest BCUT2D eigenvalue weighted by molar-refractivity contribution is 5.94. The van der Waals surface area contributed by atoms with Crippen molar-refractivity contribution in [3.05, 3.63) is 29.8 Å². The van der Waals surface area contributed by atoms with Crippen molar-refractivity contribution in [1.29, 1.82) is 0 Å². The molecule has 27 heavy (non-hydrogen) atoms. The Balaban J connectivity index is 1.36. The Hall–Kier alpha value is -1.63. The summed E-state index contributed by atoms with van der Waals surface area (Å²) in [7, 11) is 1.62. The van der Waals surface area contributed by atoms with E-state index in [1.807, 2.05) is 29.2 Å². The molecule has 0 aliphatic carbocycles. The lowest BCUT2D eigenvalue weighted by Gasteiger charge is -2.49. The summed E-state index contributed by atoms with van der Waals surface area (Å²) in [5.41, 5.74) is 0.632. The summed E-state index contributed by atoms with van der Waals surface area (Å²) in [6, 6.07) is 8.00. The quantitative estimate of drug-likeness (QED) is 0.812. The average Bonchev–Trinajstić information content (AvgIpc) is 2.74. The number of hydrogen-bond donors (Lipinski definition) is 0. The van der Waals surface area contributed by atoms with Gasteiger partial charge in [0.2, 0.25) is 0 Å². The highest BCUT2D eigenvalue weighted by atomic mass is 16.5. The lowest BCUT2D eigenvalue weighted by molar-refractivity contribution is -0.136. The largest absolute Gasteiger partial charge is 0.497 e. The number of methoxy groups -OCH3 is 1. The standard InChI is InChI=1S/C21H30N2O4/c1-25-19-4-2-3-17(15-19)20(24)23-8-6-21(7-9-23)16-18(5-12-27-21)22-10-13-26-14-11-22/h2-4,15,18H,5-14,16H2,1H3. The number of amides is 1. The lowest BCUT2D eigenvalue weighted by Crippen LogP contribution is -2.55. The predicted octanol–water partition coefficient (Wildman–Crippen LogP) is 2.18. The van der Waals surface area contributed by atoms with E-state index in [2.05, 4.69) is 4.90 Å². The van der Waals surface area contributed by atoms with Crippen molar-refractivity contribution < 1.29 is 19.0 Å². The van der Waals surface area contributed by atoms with Crippen LogP contribution in [-0.4, -0.2) is 80.5 Å². The van der Waals surface area contributed by atoms with Crippen molar-refractivity contribution >= 4 is 5.91 Å². The molecule has 1 aromatic rings. The molecule has 6 nitrogen and oxygen atoms in total. The van der Waals surface area contributed by atoms with E-state index >= 15 is 0 Å².